The van der Waals surface area contributed by atoms with Gasteiger partial charge in [0.15, 0.2) is 0 Å². The van der Waals surface area contributed by atoms with E-state index in [9.17, 15) is 9.59 Å². The van der Waals surface area contributed by atoms with E-state index in [1.807, 2.05) is 30.3 Å². The lowest BCUT2D eigenvalue weighted by Gasteiger charge is -2.21. The van der Waals surface area contributed by atoms with Crippen LogP contribution < -0.4 is 0 Å². The van der Waals surface area contributed by atoms with Gasteiger partial charge in [-0.15, -0.1) is 0 Å². The molecule has 0 aromatic heterocycles. The predicted molar refractivity (Wildman–Crippen MR) is 107 cm³/mol. The van der Waals surface area contributed by atoms with Gasteiger partial charge >= 0.3 is 6.09 Å². The lowest BCUT2D eigenvalue weighted by atomic mass is 10.0. The minimum Gasteiger partial charge on any atom is -0.447 e. The van der Waals surface area contributed by atoms with Crippen LogP contribution in [0.15, 0.2) is 40.4 Å². The molecule has 1 aliphatic rings. The molecule has 26 heavy (non-hydrogen) atoms. The highest BCUT2D eigenvalue weighted by molar-refractivity contribution is 9.12. The number of hydrogen-bond acceptors (Lipinski definition) is 3. The number of unbranched alkanes of at least 4 members (excludes halogenated alkanes) is 2. The first-order chi connectivity index (χ1) is 12.6. The standard InChI is InChI=1S/C21H28BrNO3/c1-3-5-12-17(13-6-4-2)19(22)20(24)23-18(15-26-21(23)25)14-16-10-8-7-9-11-16/h7-11,18H,3-6,12-15H2,1-2H3. The van der Waals surface area contributed by atoms with Crippen LogP contribution in [-0.2, 0) is 16.0 Å². The molecule has 1 heterocycles. The fourth-order valence-electron chi connectivity index (χ4n) is 3.13. The molecular formula is C21H28BrNO3. The van der Waals surface area contributed by atoms with Crippen LogP contribution in [0.1, 0.15) is 57.9 Å². The highest BCUT2D eigenvalue weighted by Gasteiger charge is 2.39. The zero-order chi connectivity index (χ0) is 18.9. The van der Waals surface area contributed by atoms with Crippen molar-refractivity contribution in [1.82, 2.24) is 4.90 Å². The summed E-state index contributed by atoms with van der Waals surface area (Å²) in [6, 6.07) is 9.62. The van der Waals surface area contributed by atoms with E-state index >= 15 is 0 Å². The van der Waals surface area contributed by atoms with Gasteiger partial charge in [-0.05, 0) is 53.6 Å². The molecular weight excluding hydrogens is 394 g/mol. The molecule has 5 heteroatoms. The number of rotatable bonds is 9. The first kappa shape index (κ1) is 20.7. The molecule has 1 fully saturated rings. The van der Waals surface area contributed by atoms with Crippen molar-refractivity contribution in [2.45, 2.75) is 64.8 Å². The Morgan fingerprint density at radius 3 is 2.35 bits per heavy atom. The van der Waals surface area contributed by atoms with Gasteiger partial charge in [-0.1, -0.05) is 62.6 Å². The molecule has 0 spiro atoms. The Kier molecular flexibility index (Phi) is 8.36. The fraction of sp³-hybridized carbons (Fsp3) is 0.524. The second-order valence-electron chi connectivity index (χ2n) is 6.72. The van der Waals surface area contributed by atoms with E-state index in [2.05, 4.69) is 29.8 Å². The number of nitrogens with zero attached hydrogens (tertiary/aromatic N) is 1. The Labute approximate surface area is 164 Å². The quantitative estimate of drug-likeness (QED) is 0.487. The number of cyclic esters (lactones) is 1. The third-order valence-electron chi connectivity index (χ3n) is 4.66. The van der Waals surface area contributed by atoms with Crippen molar-refractivity contribution in [3.05, 3.63) is 46.0 Å². The summed E-state index contributed by atoms with van der Waals surface area (Å²) in [4.78, 5) is 26.5. The number of benzene rings is 1. The maximum atomic E-state index is 13.0. The minimum atomic E-state index is -0.543. The van der Waals surface area contributed by atoms with Crippen molar-refractivity contribution in [1.29, 1.82) is 0 Å². The van der Waals surface area contributed by atoms with Crippen LogP contribution in [0.2, 0.25) is 0 Å². The molecule has 0 saturated carbocycles. The number of hydrogen-bond donors (Lipinski definition) is 0. The van der Waals surface area contributed by atoms with E-state index in [1.165, 1.54) is 4.90 Å². The molecule has 1 aromatic carbocycles. The van der Waals surface area contributed by atoms with Crippen LogP contribution in [-0.4, -0.2) is 29.5 Å². The number of ether oxygens (including phenoxy) is 1. The molecule has 142 valence electrons. The predicted octanol–water partition coefficient (Wildman–Crippen LogP) is 5.61. The molecule has 0 radical (unpaired) electrons. The summed E-state index contributed by atoms with van der Waals surface area (Å²) in [6.07, 6.45) is 6.07. The van der Waals surface area contributed by atoms with E-state index in [1.54, 1.807) is 0 Å². The van der Waals surface area contributed by atoms with Gasteiger partial charge in [0.1, 0.15) is 6.61 Å². The molecule has 0 aliphatic carbocycles. The highest BCUT2D eigenvalue weighted by atomic mass is 79.9. The summed E-state index contributed by atoms with van der Waals surface area (Å²) in [5.41, 5.74) is 2.20. The van der Waals surface area contributed by atoms with Crippen LogP contribution in [0.5, 0.6) is 0 Å². The molecule has 2 amide bonds. The van der Waals surface area contributed by atoms with Crippen LogP contribution >= 0.6 is 15.9 Å². The molecule has 1 aliphatic heterocycles. The molecule has 1 atom stereocenters. The third-order valence-corrected chi connectivity index (χ3v) is 5.56. The normalized spacial score (nSPS) is 16.5. The summed E-state index contributed by atoms with van der Waals surface area (Å²) in [5.74, 6) is -0.268. The zero-order valence-corrected chi connectivity index (χ0v) is 17.3. The average Bonchev–Trinajstić information content (AvgIpc) is 3.01. The fourth-order valence-corrected chi connectivity index (χ4v) is 3.72. The number of amides is 2. The van der Waals surface area contributed by atoms with Crippen molar-refractivity contribution in [3.8, 4) is 0 Å². The summed E-state index contributed by atoms with van der Waals surface area (Å²) in [7, 11) is 0. The summed E-state index contributed by atoms with van der Waals surface area (Å²) >= 11 is 3.50. The van der Waals surface area contributed by atoms with Gasteiger partial charge < -0.3 is 4.74 Å². The topological polar surface area (TPSA) is 46.6 Å². The Bertz CT molecular complexity index is 632. The summed E-state index contributed by atoms with van der Waals surface area (Å²) < 4.78 is 5.72. The molecule has 1 saturated heterocycles. The van der Waals surface area contributed by atoms with Crippen molar-refractivity contribution in [2.75, 3.05) is 6.61 Å². The Balaban J connectivity index is 2.19. The van der Waals surface area contributed by atoms with Crippen LogP contribution in [0, 0.1) is 0 Å². The summed E-state index contributed by atoms with van der Waals surface area (Å²) in [5, 5.41) is 0. The minimum absolute atomic E-state index is 0.249. The second kappa shape index (κ2) is 10.5. The molecule has 4 nitrogen and oxygen atoms in total. The van der Waals surface area contributed by atoms with Gasteiger partial charge in [0.05, 0.1) is 10.5 Å². The van der Waals surface area contributed by atoms with Gasteiger partial charge in [-0.2, -0.15) is 0 Å². The van der Waals surface area contributed by atoms with Gasteiger partial charge in [-0.25, -0.2) is 9.69 Å². The Morgan fingerprint density at radius 2 is 1.77 bits per heavy atom. The maximum Gasteiger partial charge on any atom is 0.417 e. The van der Waals surface area contributed by atoms with Crippen LogP contribution in [0.3, 0.4) is 0 Å². The van der Waals surface area contributed by atoms with Crippen LogP contribution in [0.25, 0.3) is 0 Å². The lowest BCUT2D eigenvalue weighted by Crippen LogP contribution is -2.40. The first-order valence-corrected chi connectivity index (χ1v) is 10.3. The van der Waals surface area contributed by atoms with Crippen molar-refractivity contribution >= 4 is 27.9 Å². The van der Waals surface area contributed by atoms with Crippen molar-refractivity contribution < 1.29 is 14.3 Å². The van der Waals surface area contributed by atoms with E-state index in [0.29, 0.717) is 10.9 Å². The van der Waals surface area contributed by atoms with Crippen molar-refractivity contribution in [2.24, 2.45) is 0 Å². The van der Waals surface area contributed by atoms with Crippen molar-refractivity contribution in [3.63, 3.8) is 0 Å². The number of carbonyl (C=O) groups excluding carboxylic acids is 2. The summed E-state index contributed by atoms with van der Waals surface area (Å²) in [6.45, 7) is 4.53. The molecule has 1 unspecified atom stereocenters. The lowest BCUT2D eigenvalue weighted by molar-refractivity contribution is -0.124. The van der Waals surface area contributed by atoms with Gasteiger partial charge in [-0.3, -0.25) is 4.79 Å². The Morgan fingerprint density at radius 1 is 1.15 bits per heavy atom. The van der Waals surface area contributed by atoms with Gasteiger partial charge in [0.25, 0.3) is 5.91 Å². The highest BCUT2D eigenvalue weighted by Crippen LogP contribution is 2.28. The molecule has 0 N–H and O–H groups in total. The Hall–Kier alpha value is -1.62. The van der Waals surface area contributed by atoms with Crippen LogP contribution in [0.4, 0.5) is 4.79 Å². The SMILES string of the molecule is CCCCC(CCCC)=C(Br)C(=O)N1C(=O)OCC1Cc1ccccc1. The van der Waals surface area contributed by atoms with E-state index in [-0.39, 0.29) is 18.6 Å². The number of imide groups is 1. The first-order valence-electron chi connectivity index (χ1n) is 9.50. The number of allylic oxidation sites excluding steroid dienone is 1. The second-order valence-corrected chi connectivity index (χ2v) is 7.51. The molecule has 2 rings (SSSR count). The average molecular weight is 422 g/mol. The van der Waals surface area contributed by atoms with E-state index in [4.69, 9.17) is 4.74 Å². The molecule has 1 aromatic rings. The largest absolute Gasteiger partial charge is 0.447 e. The van der Waals surface area contributed by atoms with Gasteiger partial charge in [0, 0.05) is 0 Å². The molecule has 0 bridgehead atoms. The third kappa shape index (κ3) is 5.44. The maximum absolute atomic E-state index is 13.0. The van der Waals surface area contributed by atoms with E-state index in [0.717, 1.165) is 49.7 Å². The zero-order valence-electron chi connectivity index (χ0n) is 15.7. The van der Waals surface area contributed by atoms with Gasteiger partial charge in [0.2, 0.25) is 0 Å². The monoisotopic (exact) mass is 421 g/mol. The van der Waals surface area contributed by atoms with E-state index < -0.39 is 6.09 Å². The number of carbonyl (C=O) groups is 2. The smallest absolute Gasteiger partial charge is 0.417 e. The number of halogens is 1.